The molecule has 1 aromatic heterocycles. The Bertz CT molecular complexity index is 1480. The van der Waals surface area contributed by atoms with E-state index in [1.165, 1.54) is 11.1 Å². The van der Waals surface area contributed by atoms with E-state index in [2.05, 4.69) is 91.6 Å². The lowest BCUT2D eigenvalue weighted by atomic mass is 10.1. The van der Waals surface area contributed by atoms with Crippen LogP contribution in [0.25, 0.3) is 0 Å². The molecule has 2 aliphatic heterocycles. The Balaban J connectivity index is 1.10. The summed E-state index contributed by atoms with van der Waals surface area (Å²) in [6.07, 6.45) is 3.63. The molecule has 10 heteroatoms. The van der Waals surface area contributed by atoms with Gasteiger partial charge in [0.05, 0.1) is 12.8 Å². The molecule has 0 atom stereocenters. The second-order valence-electron chi connectivity index (χ2n) is 11.4. The number of nitrogens with one attached hydrogen (secondary N) is 3. The van der Waals surface area contributed by atoms with E-state index >= 15 is 0 Å². The van der Waals surface area contributed by atoms with Crippen LogP contribution in [0.3, 0.4) is 0 Å². The number of hydrogen-bond acceptors (Lipinski definition) is 10. The van der Waals surface area contributed by atoms with Crippen molar-refractivity contribution in [2.45, 2.75) is 38.8 Å². The van der Waals surface area contributed by atoms with E-state index in [9.17, 15) is 0 Å². The predicted molar refractivity (Wildman–Crippen MR) is 182 cm³/mol. The zero-order chi connectivity index (χ0) is 30.7. The van der Waals surface area contributed by atoms with Gasteiger partial charge in [0, 0.05) is 82.4 Å². The van der Waals surface area contributed by atoms with Crippen LogP contribution in [0.2, 0.25) is 0 Å². The first-order chi connectivity index (χ1) is 22.2. The SMILES string of the molecule is COc1ccccc1Nc1cc(NN=C2CCN(Cc3ccccc3)CC2)nc(NN=C2CCN(Cc3ccccc3)CC2)n1. The van der Waals surface area contributed by atoms with Crippen LogP contribution in [0.5, 0.6) is 5.75 Å². The smallest absolute Gasteiger partial charge is 0.247 e. The second-order valence-corrected chi connectivity index (χ2v) is 11.4. The highest BCUT2D eigenvalue weighted by atomic mass is 16.5. The summed E-state index contributed by atoms with van der Waals surface area (Å²) in [5.74, 6) is 2.32. The third-order valence-corrected chi connectivity index (χ3v) is 8.10. The molecule has 0 amide bonds. The molecule has 6 rings (SSSR count). The Hall–Kier alpha value is -4.80. The summed E-state index contributed by atoms with van der Waals surface area (Å²) >= 11 is 0. The minimum Gasteiger partial charge on any atom is -0.495 e. The van der Waals surface area contributed by atoms with Crippen LogP contribution >= 0.6 is 0 Å². The number of nitrogens with zero attached hydrogens (tertiary/aromatic N) is 6. The summed E-state index contributed by atoms with van der Waals surface area (Å²) in [4.78, 5) is 14.3. The first-order valence-electron chi connectivity index (χ1n) is 15.6. The molecule has 2 aliphatic rings. The molecule has 45 heavy (non-hydrogen) atoms. The van der Waals surface area contributed by atoms with Crippen LogP contribution in [0.1, 0.15) is 36.8 Å². The maximum atomic E-state index is 5.54. The van der Waals surface area contributed by atoms with Crippen molar-refractivity contribution in [2.24, 2.45) is 10.2 Å². The van der Waals surface area contributed by atoms with Crippen molar-refractivity contribution in [2.75, 3.05) is 49.5 Å². The Morgan fingerprint density at radius 3 is 1.73 bits per heavy atom. The topological polar surface area (TPSA) is 102 Å². The number of para-hydroxylation sites is 2. The van der Waals surface area contributed by atoms with E-state index in [0.29, 0.717) is 17.6 Å². The van der Waals surface area contributed by atoms with Crippen molar-refractivity contribution >= 4 is 34.7 Å². The fourth-order valence-electron chi connectivity index (χ4n) is 5.62. The van der Waals surface area contributed by atoms with Crippen LogP contribution in [0.15, 0.2) is 101 Å². The molecule has 4 aromatic rings. The predicted octanol–water partition coefficient (Wildman–Crippen LogP) is 6.36. The van der Waals surface area contributed by atoms with Crippen molar-refractivity contribution in [3.63, 3.8) is 0 Å². The van der Waals surface area contributed by atoms with Crippen molar-refractivity contribution in [1.29, 1.82) is 0 Å². The Kier molecular flexibility index (Phi) is 10.3. The number of anilines is 4. The molecule has 0 unspecified atom stereocenters. The molecule has 0 aliphatic carbocycles. The number of piperidine rings is 2. The van der Waals surface area contributed by atoms with E-state index in [1.807, 2.05) is 30.3 Å². The Morgan fingerprint density at radius 1 is 0.644 bits per heavy atom. The molecule has 0 spiro atoms. The fraction of sp³-hybridized carbons (Fsp3) is 0.314. The summed E-state index contributed by atoms with van der Waals surface area (Å²) in [7, 11) is 1.66. The van der Waals surface area contributed by atoms with Gasteiger partial charge in [-0.2, -0.15) is 20.2 Å². The Labute approximate surface area is 265 Å². The fourth-order valence-corrected chi connectivity index (χ4v) is 5.62. The van der Waals surface area contributed by atoms with Crippen LogP contribution in [-0.2, 0) is 13.1 Å². The number of likely N-dealkylation sites (tertiary alicyclic amines) is 2. The van der Waals surface area contributed by atoms with E-state index in [4.69, 9.17) is 19.9 Å². The van der Waals surface area contributed by atoms with Gasteiger partial charge in [0.1, 0.15) is 11.6 Å². The lowest BCUT2D eigenvalue weighted by Gasteiger charge is -2.27. The van der Waals surface area contributed by atoms with E-state index < -0.39 is 0 Å². The van der Waals surface area contributed by atoms with Gasteiger partial charge < -0.3 is 10.1 Å². The molecule has 10 nitrogen and oxygen atoms in total. The lowest BCUT2D eigenvalue weighted by Crippen LogP contribution is -2.33. The monoisotopic (exact) mass is 603 g/mol. The zero-order valence-corrected chi connectivity index (χ0v) is 25.8. The normalized spacial score (nSPS) is 15.8. The van der Waals surface area contributed by atoms with Crippen molar-refractivity contribution in [3.8, 4) is 5.75 Å². The number of hydrazone groups is 2. The van der Waals surface area contributed by atoms with E-state index in [-0.39, 0.29) is 0 Å². The second kappa shape index (κ2) is 15.3. The number of rotatable bonds is 11. The highest BCUT2D eigenvalue weighted by molar-refractivity contribution is 5.86. The minimum absolute atomic E-state index is 0.398. The first kappa shape index (κ1) is 30.2. The summed E-state index contributed by atoms with van der Waals surface area (Å²) in [6.45, 7) is 5.83. The zero-order valence-electron chi connectivity index (χ0n) is 25.8. The summed E-state index contributed by atoms with van der Waals surface area (Å²) in [5.41, 5.74) is 12.1. The average molecular weight is 604 g/mol. The highest BCUT2D eigenvalue weighted by Gasteiger charge is 2.17. The summed E-state index contributed by atoms with van der Waals surface area (Å²) in [5, 5.41) is 12.8. The Morgan fingerprint density at radius 2 is 1.16 bits per heavy atom. The quantitative estimate of drug-likeness (QED) is 0.170. The highest BCUT2D eigenvalue weighted by Crippen LogP contribution is 2.27. The molecule has 2 saturated heterocycles. The van der Waals surface area contributed by atoms with Gasteiger partial charge in [0.15, 0.2) is 5.82 Å². The summed E-state index contributed by atoms with van der Waals surface area (Å²) < 4.78 is 5.54. The molecule has 3 heterocycles. The average Bonchev–Trinajstić information content (AvgIpc) is 3.09. The number of hydrogen-bond donors (Lipinski definition) is 3. The molecular formula is C35H41N9O. The number of aromatic nitrogens is 2. The lowest BCUT2D eigenvalue weighted by molar-refractivity contribution is 0.266. The van der Waals surface area contributed by atoms with Gasteiger partial charge in [-0.05, 0) is 23.3 Å². The van der Waals surface area contributed by atoms with E-state index in [0.717, 1.165) is 87.8 Å². The van der Waals surface area contributed by atoms with Crippen molar-refractivity contribution in [3.05, 3.63) is 102 Å². The number of ether oxygens (including phenoxy) is 1. The maximum Gasteiger partial charge on any atom is 0.247 e. The van der Waals surface area contributed by atoms with Gasteiger partial charge in [-0.25, -0.2) is 5.43 Å². The third-order valence-electron chi connectivity index (χ3n) is 8.10. The molecule has 2 fully saturated rings. The van der Waals surface area contributed by atoms with Crippen molar-refractivity contribution in [1.82, 2.24) is 19.8 Å². The van der Waals surface area contributed by atoms with Crippen LogP contribution < -0.4 is 20.9 Å². The van der Waals surface area contributed by atoms with Crippen molar-refractivity contribution < 1.29 is 4.74 Å². The van der Waals surface area contributed by atoms with Gasteiger partial charge in [0.2, 0.25) is 5.95 Å². The summed E-state index contributed by atoms with van der Waals surface area (Å²) in [6, 6.07) is 30.8. The molecule has 232 valence electrons. The van der Waals surface area contributed by atoms with Crippen LogP contribution in [-0.4, -0.2) is 64.5 Å². The minimum atomic E-state index is 0.398. The van der Waals surface area contributed by atoms with Gasteiger partial charge >= 0.3 is 0 Å². The third kappa shape index (κ3) is 8.87. The molecule has 0 saturated carbocycles. The molecule has 0 bridgehead atoms. The van der Waals surface area contributed by atoms with Crippen LogP contribution in [0, 0.1) is 0 Å². The number of methoxy groups -OCH3 is 1. The first-order valence-corrected chi connectivity index (χ1v) is 15.6. The van der Waals surface area contributed by atoms with Gasteiger partial charge in [-0.1, -0.05) is 72.8 Å². The van der Waals surface area contributed by atoms with E-state index in [1.54, 1.807) is 7.11 Å². The van der Waals surface area contributed by atoms with Gasteiger partial charge in [0.25, 0.3) is 0 Å². The van der Waals surface area contributed by atoms with Gasteiger partial charge in [-0.3, -0.25) is 15.2 Å². The number of benzene rings is 3. The van der Waals surface area contributed by atoms with Gasteiger partial charge in [-0.15, -0.1) is 0 Å². The molecular weight excluding hydrogens is 562 g/mol. The molecule has 3 aromatic carbocycles. The van der Waals surface area contributed by atoms with Crippen LogP contribution in [0.4, 0.5) is 23.3 Å². The largest absolute Gasteiger partial charge is 0.495 e. The molecule has 3 N–H and O–H groups in total. The molecule has 0 radical (unpaired) electrons. The maximum absolute atomic E-state index is 5.54. The standard InChI is InChI=1S/C35H41N9O/c1-45-32-15-9-8-14-31(32)36-33-24-34(41-39-29-16-20-43(21-17-29)25-27-10-4-2-5-11-27)38-35(37-33)42-40-30-18-22-44(23-19-30)26-28-12-6-3-7-13-28/h2-15,24H,16-23,25-26H2,1H3,(H3,36,37,38,41,42).